The van der Waals surface area contributed by atoms with Crippen molar-refractivity contribution < 1.29 is 27.1 Å². The molecule has 1 heterocycles. The summed E-state index contributed by atoms with van der Waals surface area (Å²) in [5.41, 5.74) is 1.24. The van der Waals surface area contributed by atoms with E-state index in [-0.39, 0.29) is 23.9 Å². The van der Waals surface area contributed by atoms with Gasteiger partial charge in [-0.3, -0.25) is 10.00 Å². The van der Waals surface area contributed by atoms with Crippen LogP contribution < -0.4 is 15.4 Å². The molecule has 6 nitrogen and oxygen atoms in total. The third-order valence-electron chi connectivity index (χ3n) is 3.94. The van der Waals surface area contributed by atoms with Crippen molar-refractivity contribution in [2.24, 2.45) is 0 Å². The Morgan fingerprint density at radius 1 is 1.07 bits per heavy atom. The predicted molar refractivity (Wildman–Crippen MR) is 102 cm³/mol. The van der Waals surface area contributed by atoms with E-state index in [0.717, 1.165) is 5.56 Å². The van der Waals surface area contributed by atoms with Gasteiger partial charge in [-0.2, -0.15) is 18.3 Å². The Balaban J connectivity index is 1.52. The predicted octanol–water partition coefficient (Wildman–Crippen LogP) is 4.33. The molecule has 1 aromatic heterocycles. The summed E-state index contributed by atoms with van der Waals surface area (Å²) in [5.74, 6) is -0.00135. The molecule has 0 unspecified atom stereocenters. The Kier molecular flexibility index (Phi) is 6.55. The summed E-state index contributed by atoms with van der Waals surface area (Å²) in [7, 11) is 0. The van der Waals surface area contributed by atoms with E-state index >= 15 is 0 Å². The second-order valence-corrected chi connectivity index (χ2v) is 6.34. The number of rotatable bonds is 7. The van der Waals surface area contributed by atoms with Gasteiger partial charge in [0.25, 0.3) is 0 Å². The molecule has 0 aliphatic rings. The van der Waals surface area contributed by atoms with Crippen molar-refractivity contribution in [1.29, 1.82) is 0 Å². The van der Waals surface area contributed by atoms with Gasteiger partial charge in [-0.25, -0.2) is 9.18 Å². The highest BCUT2D eigenvalue weighted by atomic mass is 19.4. The molecule has 0 aliphatic heterocycles. The van der Waals surface area contributed by atoms with Gasteiger partial charge in [0, 0.05) is 24.4 Å². The Labute approximate surface area is 169 Å². The normalized spacial score (nSPS) is 11.2. The monoisotopic (exact) mass is 422 g/mol. The van der Waals surface area contributed by atoms with Crippen LogP contribution in [0.4, 0.5) is 28.2 Å². The molecule has 0 atom stereocenters. The Morgan fingerprint density at radius 3 is 2.53 bits per heavy atom. The minimum Gasteiger partial charge on any atom is -0.484 e. The standard InChI is InChI=1S/C20H18F4N4O2/c21-16-7-5-14(6-8-16)12-28-10-9-18(27-28)26-19(29)25-11-15-3-1-2-4-17(15)30-13-20(22,23)24/h1-10H,11-13H2,(H2,25,26,27,29). The van der Waals surface area contributed by atoms with E-state index in [9.17, 15) is 22.4 Å². The number of hydrogen-bond donors (Lipinski definition) is 2. The molecule has 0 saturated carbocycles. The largest absolute Gasteiger partial charge is 0.484 e. The number of para-hydroxylation sites is 1. The quantitative estimate of drug-likeness (QED) is 0.557. The van der Waals surface area contributed by atoms with Gasteiger partial charge in [0.2, 0.25) is 0 Å². The zero-order chi connectivity index (χ0) is 21.6. The van der Waals surface area contributed by atoms with E-state index in [1.807, 2.05) is 0 Å². The minimum absolute atomic E-state index is 0.0316. The van der Waals surface area contributed by atoms with Gasteiger partial charge in [0.15, 0.2) is 12.4 Å². The molecule has 2 aromatic carbocycles. The molecule has 0 aliphatic carbocycles. The third kappa shape index (κ3) is 6.50. The molecule has 0 saturated heterocycles. The van der Waals surface area contributed by atoms with Crippen LogP contribution in [0.15, 0.2) is 60.8 Å². The van der Waals surface area contributed by atoms with Crippen LogP contribution in [0.2, 0.25) is 0 Å². The molecule has 0 radical (unpaired) electrons. The number of nitrogens with zero attached hydrogens (tertiary/aromatic N) is 2. The van der Waals surface area contributed by atoms with Gasteiger partial charge in [0.05, 0.1) is 6.54 Å². The second-order valence-electron chi connectivity index (χ2n) is 6.34. The lowest BCUT2D eigenvalue weighted by Crippen LogP contribution is -2.29. The number of urea groups is 1. The number of alkyl halides is 3. The zero-order valence-corrected chi connectivity index (χ0v) is 15.6. The second kappa shape index (κ2) is 9.29. The summed E-state index contributed by atoms with van der Waals surface area (Å²) in [6, 6.07) is 13.1. The van der Waals surface area contributed by atoms with Gasteiger partial charge in [-0.15, -0.1) is 0 Å². The molecule has 2 N–H and O–H groups in total. The average molecular weight is 422 g/mol. The van der Waals surface area contributed by atoms with Crippen molar-refractivity contribution in [3.05, 3.63) is 77.7 Å². The molecule has 0 fully saturated rings. The molecular weight excluding hydrogens is 404 g/mol. The van der Waals surface area contributed by atoms with Crippen LogP contribution in [0.3, 0.4) is 0 Å². The van der Waals surface area contributed by atoms with Crippen LogP contribution in [-0.2, 0) is 13.1 Å². The van der Waals surface area contributed by atoms with Crippen molar-refractivity contribution in [1.82, 2.24) is 15.1 Å². The lowest BCUT2D eigenvalue weighted by Gasteiger charge is -2.13. The van der Waals surface area contributed by atoms with Crippen LogP contribution in [0.1, 0.15) is 11.1 Å². The minimum atomic E-state index is -4.45. The summed E-state index contributed by atoms with van der Waals surface area (Å²) in [6.07, 6.45) is -2.80. The summed E-state index contributed by atoms with van der Waals surface area (Å²) in [4.78, 5) is 12.1. The number of aromatic nitrogens is 2. The van der Waals surface area contributed by atoms with Gasteiger partial charge in [0.1, 0.15) is 11.6 Å². The van der Waals surface area contributed by atoms with Crippen molar-refractivity contribution in [2.45, 2.75) is 19.3 Å². The number of benzene rings is 2. The number of ether oxygens (including phenoxy) is 1. The van der Waals surface area contributed by atoms with Crippen LogP contribution in [0, 0.1) is 5.82 Å². The van der Waals surface area contributed by atoms with E-state index in [1.54, 1.807) is 47.3 Å². The Hall–Kier alpha value is -3.56. The smallest absolute Gasteiger partial charge is 0.422 e. The van der Waals surface area contributed by atoms with Crippen LogP contribution in [0.25, 0.3) is 0 Å². The summed E-state index contributed by atoms with van der Waals surface area (Å²) in [6.45, 7) is -1.05. The van der Waals surface area contributed by atoms with Gasteiger partial charge in [-0.1, -0.05) is 30.3 Å². The van der Waals surface area contributed by atoms with E-state index in [2.05, 4.69) is 15.7 Å². The summed E-state index contributed by atoms with van der Waals surface area (Å²) >= 11 is 0. The molecule has 3 aromatic rings. The fourth-order valence-electron chi connectivity index (χ4n) is 2.58. The maximum Gasteiger partial charge on any atom is 0.422 e. The molecule has 30 heavy (non-hydrogen) atoms. The number of amides is 2. The summed E-state index contributed by atoms with van der Waals surface area (Å²) in [5, 5.41) is 9.29. The highest BCUT2D eigenvalue weighted by Gasteiger charge is 2.28. The zero-order valence-electron chi connectivity index (χ0n) is 15.6. The molecule has 0 spiro atoms. The molecular formula is C20H18F4N4O2. The maximum atomic E-state index is 13.0. The van der Waals surface area contributed by atoms with E-state index < -0.39 is 18.8 Å². The van der Waals surface area contributed by atoms with Crippen molar-refractivity contribution in [2.75, 3.05) is 11.9 Å². The maximum absolute atomic E-state index is 13.0. The molecule has 10 heteroatoms. The first-order valence-electron chi connectivity index (χ1n) is 8.89. The fourth-order valence-corrected chi connectivity index (χ4v) is 2.58. The van der Waals surface area contributed by atoms with Crippen molar-refractivity contribution in [3.8, 4) is 5.75 Å². The first kappa shape index (κ1) is 21.2. The third-order valence-corrected chi connectivity index (χ3v) is 3.94. The van der Waals surface area contributed by atoms with Gasteiger partial charge in [-0.05, 0) is 23.8 Å². The van der Waals surface area contributed by atoms with Crippen LogP contribution >= 0.6 is 0 Å². The molecule has 158 valence electrons. The van der Waals surface area contributed by atoms with Crippen LogP contribution in [-0.4, -0.2) is 28.6 Å². The van der Waals surface area contributed by atoms with Gasteiger partial charge < -0.3 is 10.1 Å². The number of carbonyl (C=O) groups excluding carboxylic acids is 1. The molecule has 2 amide bonds. The molecule has 0 bridgehead atoms. The van der Waals surface area contributed by atoms with E-state index in [1.165, 1.54) is 18.2 Å². The Morgan fingerprint density at radius 2 is 1.80 bits per heavy atom. The lowest BCUT2D eigenvalue weighted by molar-refractivity contribution is -0.153. The number of halogens is 4. The van der Waals surface area contributed by atoms with Crippen LogP contribution in [0.5, 0.6) is 5.75 Å². The lowest BCUT2D eigenvalue weighted by atomic mass is 10.2. The summed E-state index contributed by atoms with van der Waals surface area (Å²) < 4.78 is 56.4. The number of anilines is 1. The topological polar surface area (TPSA) is 68.2 Å². The highest BCUT2D eigenvalue weighted by molar-refractivity contribution is 5.88. The number of carbonyl (C=O) groups is 1. The van der Waals surface area contributed by atoms with Crippen molar-refractivity contribution in [3.63, 3.8) is 0 Å². The SMILES string of the molecule is O=C(NCc1ccccc1OCC(F)(F)F)Nc1ccn(Cc2ccc(F)cc2)n1. The fraction of sp³-hybridized carbons (Fsp3) is 0.200. The Bertz CT molecular complexity index is 987. The van der Waals surface area contributed by atoms with E-state index in [4.69, 9.17) is 4.74 Å². The van der Waals surface area contributed by atoms with Crippen molar-refractivity contribution >= 4 is 11.8 Å². The van der Waals surface area contributed by atoms with Gasteiger partial charge >= 0.3 is 12.2 Å². The molecule has 3 rings (SSSR count). The first-order valence-corrected chi connectivity index (χ1v) is 8.89. The average Bonchev–Trinajstić information content (AvgIpc) is 3.13. The highest BCUT2D eigenvalue weighted by Crippen LogP contribution is 2.22. The number of nitrogens with one attached hydrogen (secondary N) is 2. The number of hydrogen-bond acceptors (Lipinski definition) is 3. The van der Waals surface area contributed by atoms with E-state index in [0.29, 0.717) is 12.1 Å². The first-order chi connectivity index (χ1) is 14.3.